The maximum absolute atomic E-state index is 11.6. The number of esters is 1. The Balaban J connectivity index is 2.15. The van der Waals surface area contributed by atoms with Gasteiger partial charge in [0.05, 0.1) is 30.5 Å². The van der Waals surface area contributed by atoms with E-state index in [-0.39, 0.29) is 18.1 Å². The molecule has 0 bridgehead atoms. The number of hydrogen-bond acceptors (Lipinski definition) is 5. The fourth-order valence-corrected chi connectivity index (χ4v) is 2.87. The first-order chi connectivity index (χ1) is 9.99. The molecule has 0 atom stereocenters. The molecule has 1 aromatic rings. The SMILES string of the molecule is COC(=O)c1ccc(NC2(CO)CCC(C)CC2)nc1C. The van der Waals surface area contributed by atoms with Crippen LogP contribution in [0.3, 0.4) is 0 Å². The lowest BCUT2D eigenvalue weighted by molar-refractivity contribution is 0.0599. The minimum atomic E-state index is -0.380. The van der Waals surface area contributed by atoms with E-state index in [4.69, 9.17) is 4.74 Å². The topological polar surface area (TPSA) is 71.5 Å². The molecule has 0 aromatic carbocycles. The summed E-state index contributed by atoms with van der Waals surface area (Å²) < 4.78 is 4.72. The van der Waals surface area contributed by atoms with Crippen LogP contribution < -0.4 is 5.32 Å². The predicted molar refractivity (Wildman–Crippen MR) is 81.4 cm³/mol. The molecule has 5 heteroatoms. The van der Waals surface area contributed by atoms with Gasteiger partial charge in [0, 0.05) is 0 Å². The second kappa shape index (κ2) is 6.43. The molecule has 1 fully saturated rings. The highest BCUT2D eigenvalue weighted by Crippen LogP contribution is 2.34. The zero-order valence-corrected chi connectivity index (χ0v) is 13.0. The van der Waals surface area contributed by atoms with Crippen molar-refractivity contribution < 1.29 is 14.6 Å². The van der Waals surface area contributed by atoms with Crippen molar-refractivity contribution >= 4 is 11.8 Å². The Morgan fingerprint density at radius 2 is 2.14 bits per heavy atom. The van der Waals surface area contributed by atoms with E-state index in [1.807, 2.05) is 0 Å². The smallest absolute Gasteiger partial charge is 0.339 e. The number of anilines is 1. The first kappa shape index (κ1) is 15.8. The Morgan fingerprint density at radius 1 is 1.48 bits per heavy atom. The number of ether oxygens (including phenoxy) is 1. The average Bonchev–Trinajstić information content (AvgIpc) is 2.49. The zero-order valence-electron chi connectivity index (χ0n) is 13.0. The number of aryl methyl sites for hydroxylation is 1. The van der Waals surface area contributed by atoms with Gasteiger partial charge in [0.25, 0.3) is 0 Å². The summed E-state index contributed by atoms with van der Waals surface area (Å²) in [5, 5.41) is 13.2. The van der Waals surface area contributed by atoms with Crippen LogP contribution in [0.4, 0.5) is 5.82 Å². The molecule has 1 aromatic heterocycles. The van der Waals surface area contributed by atoms with Gasteiger partial charge in [0.1, 0.15) is 5.82 Å². The van der Waals surface area contributed by atoms with Gasteiger partial charge in [-0.15, -0.1) is 0 Å². The minimum Gasteiger partial charge on any atom is -0.465 e. The van der Waals surface area contributed by atoms with Gasteiger partial charge in [-0.05, 0) is 50.7 Å². The molecule has 5 nitrogen and oxygen atoms in total. The summed E-state index contributed by atoms with van der Waals surface area (Å²) in [6, 6.07) is 3.49. The molecule has 1 heterocycles. The Bertz CT molecular complexity index is 508. The number of methoxy groups -OCH3 is 1. The molecule has 0 spiro atoms. The predicted octanol–water partition coefficient (Wildman–Crippen LogP) is 2.53. The number of carbonyl (C=O) groups is 1. The molecule has 2 rings (SSSR count). The summed E-state index contributed by atoms with van der Waals surface area (Å²) in [6.45, 7) is 4.13. The Morgan fingerprint density at radius 3 is 2.67 bits per heavy atom. The summed E-state index contributed by atoms with van der Waals surface area (Å²) in [6.07, 6.45) is 4.08. The normalized spacial score (nSPS) is 25.4. The number of aliphatic hydroxyl groups excluding tert-OH is 1. The average molecular weight is 292 g/mol. The molecule has 116 valence electrons. The Labute approximate surface area is 125 Å². The van der Waals surface area contributed by atoms with E-state index in [0.717, 1.165) is 25.7 Å². The summed E-state index contributed by atoms with van der Waals surface area (Å²) >= 11 is 0. The van der Waals surface area contributed by atoms with Crippen molar-refractivity contribution in [2.24, 2.45) is 5.92 Å². The maximum Gasteiger partial charge on any atom is 0.339 e. The number of rotatable bonds is 4. The first-order valence-electron chi connectivity index (χ1n) is 7.45. The lowest BCUT2D eigenvalue weighted by Gasteiger charge is -2.39. The minimum absolute atomic E-state index is 0.0964. The quantitative estimate of drug-likeness (QED) is 0.834. The van der Waals surface area contributed by atoms with E-state index < -0.39 is 0 Å². The van der Waals surface area contributed by atoms with Gasteiger partial charge in [-0.2, -0.15) is 0 Å². The molecule has 2 N–H and O–H groups in total. The van der Waals surface area contributed by atoms with Crippen molar-refractivity contribution in [1.29, 1.82) is 0 Å². The van der Waals surface area contributed by atoms with Gasteiger partial charge >= 0.3 is 5.97 Å². The summed E-state index contributed by atoms with van der Waals surface area (Å²) in [7, 11) is 1.36. The fourth-order valence-electron chi connectivity index (χ4n) is 2.87. The van der Waals surface area contributed by atoms with Crippen molar-refractivity contribution in [2.45, 2.75) is 45.1 Å². The summed E-state index contributed by atoms with van der Waals surface area (Å²) in [5.41, 5.74) is 0.807. The molecule has 1 saturated carbocycles. The van der Waals surface area contributed by atoms with Crippen molar-refractivity contribution in [2.75, 3.05) is 19.0 Å². The van der Waals surface area contributed by atoms with Crippen molar-refractivity contribution in [3.8, 4) is 0 Å². The summed E-state index contributed by atoms with van der Waals surface area (Å²) in [4.78, 5) is 16.0. The number of carbonyl (C=O) groups excluding carboxylic acids is 1. The number of aliphatic hydroxyl groups is 1. The maximum atomic E-state index is 11.6. The standard InChI is InChI=1S/C16H24N2O3/c1-11-6-8-16(10-19,9-7-11)18-14-5-4-13(12(2)17-14)15(20)21-3/h4-5,11,19H,6-10H2,1-3H3,(H,17,18). The fraction of sp³-hybridized carbons (Fsp3) is 0.625. The number of hydrogen-bond donors (Lipinski definition) is 2. The number of aromatic nitrogens is 1. The largest absolute Gasteiger partial charge is 0.465 e. The number of pyridine rings is 1. The molecule has 0 aliphatic heterocycles. The van der Waals surface area contributed by atoms with Gasteiger partial charge in [-0.25, -0.2) is 9.78 Å². The van der Waals surface area contributed by atoms with Crippen LogP contribution in [0.15, 0.2) is 12.1 Å². The monoisotopic (exact) mass is 292 g/mol. The highest BCUT2D eigenvalue weighted by Gasteiger charge is 2.33. The molecule has 0 unspecified atom stereocenters. The van der Waals surface area contributed by atoms with Crippen LogP contribution >= 0.6 is 0 Å². The summed E-state index contributed by atoms with van der Waals surface area (Å²) in [5.74, 6) is 1.03. The molecular weight excluding hydrogens is 268 g/mol. The Hall–Kier alpha value is -1.62. The van der Waals surface area contributed by atoms with Crippen LogP contribution in [-0.2, 0) is 4.74 Å². The zero-order chi connectivity index (χ0) is 15.5. The molecule has 21 heavy (non-hydrogen) atoms. The molecule has 1 aliphatic rings. The van der Waals surface area contributed by atoms with E-state index in [1.165, 1.54) is 7.11 Å². The van der Waals surface area contributed by atoms with E-state index in [1.54, 1.807) is 19.1 Å². The number of nitrogens with zero attached hydrogens (tertiary/aromatic N) is 1. The van der Waals surface area contributed by atoms with Crippen LogP contribution in [0.1, 0.15) is 48.7 Å². The Kier molecular flexibility index (Phi) is 4.83. The van der Waals surface area contributed by atoms with Crippen LogP contribution in [0.2, 0.25) is 0 Å². The van der Waals surface area contributed by atoms with Gasteiger partial charge < -0.3 is 15.2 Å². The van der Waals surface area contributed by atoms with Crippen LogP contribution in [-0.4, -0.2) is 35.3 Å². The molecule has 0 saturated heterocycles. The van der Waals surface area contributed by atoms with Crippen LogP contribution in [0.5, 0.6) is 0 Å². The van der Waals surface area contributed by atoms with E-state index >= 15 is 0 Å². The van der Waals surface area contributed by atoms with Crippen LogP contribution in [0, 0.1) is 12.8 Å². The van der Waals surface area contributed by atoms with Gasteiger partial charge in [-0.1, -0.05) is 6.92 Å². The highest BCUT2D eigenvalue weighted by atomic mass is 16.5. The molecule has 0 amide bonds. The van der Waals surface area contributed by atoms with E-state index in [9.17, 15) is 9.90 Å². The van der Waals surface area contributed by atoms with E-state index in [0.29, 0.717) is 23.0 Å². The lowest BCUT2D eigenvalue weighted by atomic mass is 9.77. The third kappa shape index (κ3) is 3.53. The number of nitrogens with one attached hydrogen (secondary N) is 1. The van der Waals surface area contributed by atoms with Crippen LogP contribution in [0.25, 0.3) is 0 Å². The van der Waals surface area contributed by atoms with Crippen molar-refractivity contribution in [3.63, 3.8) is 0 Å². The van der Waals surface area contributed by atoms with E-state index in [2.05, 4.69) is 17.2 Å². The van der Waals surface area contributed by atoms with Crippen molar-refractivity contribution in [1.82, 2.24) is 4.98 Å². The highest BCUT2D eigenvalue weighted by molar-refractivity contribution is 5.90. The van der Waals surface area contributed by atoms with Gasteiger partial charge in [-0.3, -0.25) is 0 Å². The third-order valence-electron chi connectivity index (χ3n) is 4.42. The van der Waals surface area contributed by atoms with Gasteiger partial charge in [0.15, 0.2) is 0 Å². The lowest BCUT2D eigenvalue weighted by Crippen LogP contribution is -2.45. The first-order valence-corrected chi connectivity index (χ1v) is 7.45. The second-order valence-electron chi connectivity index (χ2n) is 6.07. The molecule has 0 radical (unpaired) electrons. The third-order valence-corrected chi connectivity index (χ3v) is 4.42. The molecule has 1 aliphatic carbocycles. The molecular formula is C16H24N2O3. The van der Waals surface area contributed by atoms with Crippen molar-refractivity contribution in [3.05, 3.63) is 23.4 Å². The van der Waals surface area contributed by atoms with Gasteiger partial charge in [0.2, 0.25) is 0 Å². The second-order valence-corrected chi connectivity index (χ2v) is 6.07.